The quantitative estimate of drug-likeness (QED) is 0.545. The summed E-state index contributed by atoms with van der Waals surface area (Å²) in [6.45, 7) is 0.251. The van der Waals surface area contributed by atoms with Crippen LogP contribution < -0.4 is 10.2 Å². The number of rotatable bonds is 7. The standard InChI is InChI=1S/C23H24N2O4S/c1-30-19-9-5-8-18(13-19)25-14-16(12-20(25)26)23(28)29-21(15-6-3-2-4-7-15)22(27)24-17-10-11-17/h2-9,13,16-17,21H,10-12,14H2,1H3,(H,24,27)/t16-,21-/m1/s1. The molecule has 0 aromatic heterocycles. The summed E-state index contributed by atoms with van der Waals surface area (Å²) in [5, 5.41) is 2.91. The van der Waals surface area contributed by atoms with Crippen molar-refractivity contribution in [2.75, 3.05) is 17.7 Å². The van der Waals surface area contributed by atoms with Gasteiger partial charge in [-0.3, -0.25) is 14.4 Å². The van der Waals surface area contributed by atoms with E-state index in [0.29, 0.717) is 5.56 Å². The minimum Gasteiger partial charge on any atom is -0.447 e. The summed E-state index contributed by atoms with van der Waals surface area (Å²) >= 11 is 1.60. The van der Waals surface area contributed by atoms with Crippen LogP contribution in [0.2, 0.25) is 0 Å². The maximum absolute atomic E-state index is 12.9. The molecule has 0 unspecified atom stereocenters. The number of benzene rings is 2. The molecule has 0 bridgehead atoms. The van der Waals surface area contributed by atoms with Gasteiger partial charge in [-0.2, -0.15) is 0 Å². The fraction of sp³-hybridized carbons (Fsp3) is 0.348. The summed E-state index contributed by atoms with van der Waals surface area (Å²) < 4.78 is 5.65. The molecule has 2 aliphatic rings. The molecule has 0 spiro atoms. The summed E-state index contributed by atoms with van der Waals surface area (Å²) in [6, 6.07) is 16.8. The normalized spacial score (nSPS) is 19.4. The predicted octanol–water partition coefficient (Wildman–Crippen LogP) is 3.32. The molecular weight excluding hydrogens is 400 g/mol. The van der Waals surface area contributed by atoms with Gasteiger partial charge in [0.25, 0.3) is 5.91 Å². The molecule has 7 heteroatoms. The number of nitrogens with zero attached hydrogens (tertiary/aromatic N) is 1. The third-order valence-corrected chi connectivity index (χ3v) is 6.05. The largest absolute Gasteiger partial charge is 0.447 e. The van der Waals surface area contributed by atoms with Crippen LogP contribution in [0.25, 0.3) is 0 Å². The van der Waals surface area contributed by atoms with E-state index < -0.39 is 18.0 Å². The Kier molecular flexibility index (Phi) is 6.08. The van der Waals surface area contributed by atoms with Crippen molar-refractivity contribution in [2.45, 2.75) is 36.3 Å². The first-order chi connectivity index (χ1) is 14.5. The van der Waals surface area contributed by atoms with Crippen LogP contribution in [0.1, 0.15) is 30.9 Å². The first-order valence-corrected chi connectivity index (χ1v) is 11.3. The van der Waals surface area contributed by atoms with Crippen LogP contribution in [0.15, 0.2) is 59.5 Å². The fourth-order valence-electron chi connectivity index (χ4n) is 3.51. The highest BCUT2D eigenvalue weighted by atomic mass is 32.2. The van der Waals surface area contributed by atoms with Gasteiger partial charge in [0.1, 0.15) is 0 Å². The van der Waals surface area contributed by atoms with E-state index in [1.165, 1.54) is 0 Å². The van der Waals surface area contributed by atoms with E-state index in [-0.39, 0.29) is 30.8 Å². The molecular formula is C23H24N2O4S. The van der Waals surface area contributed by atoms with Crippen molar-refractivity contribution >= 4 is 35.2 Å². The SMILES string of the molecule is CSc1cccc(N2C[C@H](C(=O)O[C@@H](C(=O)NC3CC3)c3ccccc3)CC2=O)c1. The number of esters is 1. The molecule has 1 heterocycles. The molecule has 2 aromatic carbocycles. The number of hydrogen-bond acceptors (Lipinski definition) is 5. The molecule has 1 aliphatic heterocycles. The summed E-state index contributed by atoms with van der Waals surface area (Å²) in [5.74, 6) is -1.55. The minimum absolute atomic E-state index is 0.0775. The van der Waals surface area contributed by atoms with Crippen molar-refractivity contribution in [2.24, 2.45) is 5.92 Å². The Morgan fingerprint density at radius 3 is 2.60 bits per heavy atom. The number of hydrogen-bond donors (Lipinski definition) is 1. The van der Waals surface area contributed by atoms with Crippen molar-refractivity contribution in [1.82, 2.24) is 5.32 Å². The van der Waals surface area contributed by atoms with Gasteiger partial charge in [-0.25, -0.2) is 0 Å². The second-order valence-corrected chi connectivity index (χ2v) is 8.50. The van der Waals surface area contributed by atoms with Gasteiger partial charge in [0.05, 0.1) is 5.92 Å². The molecule has 6 nitrogen and oxygen atoms in total. The Morgan fingerprint density at radius 2 is 1.90 bits per heavy atom. The van der Waals surface area contributed by atoms with E-state index in [2.05, 4.69) is 5.32 Å². The number of anilines is 1. The molecule has 4 rings (SSSR count). The molecule has 1 saturated heterocycles. The summed E-state index contributed by atoms with van der Waals surface area (Å²) in [6.07, 6.45) is 2.93. The Labute approximate surface area is 180 Å². The summed E-state index contributed by atoms with van der Waals surface area (Å²) in [5.41, 5.74) is 1.39. The molecule has 0 radical (unpaired) electrons. The Balaban J connectivity index is 1.47. The van der Waals surface area contributed by atoms with Crippen molar-refractivity contribution in [3.05, 3.63) is 60.2 Å². The predicted molar refractivity (Wildman–Crippen MR) is 115 cm³/mol. The molecule has 156 valence electrons. The number of nitrogens with one attached hydrogen (secondary N) is 1. The van der Waals surface area contributed by atoms with E-state index in [0.717, 1.165) is 23.4 Å². The Morgan fingerprint density at radius 1 is 1.13 bits per heavy atom. The third-order valence-electron chi connectivity index (χ3n) is 5.32. The first kappa shape index (κ1) is 20.5. The molecule has 2 aromatic rings. The van der Waals surface area contributed by atoms with Crippen molar-refractivity contribution < 1.29 is 19.1 Å². The van der Waals surface area contributed by atoms with Gasteiger partial charge >= 0.3 is 5.97 Å². The summed E-state index contributed by atoms with van der Waals surface area (Å²) in [7, 11) is 0. The average molecular weight is 425 g/mol. The highest BCUT2D eigenvalue weighted by molar-refractivity contribution is 7.98. The van der Waals surface area contributed by atoms with E-state index >= 15 is 0 Å². The van der Waals surface area contributed by atoms with E-state index in [1.54, 1.807) is 40.9 Å². The monoisotopic (exact) mass is 424 g/mol. The topological polar surface area (TPSA) is 75.7 Å². The van der Waals surface area contributed by atoms with Crippen LogP contribution in [0.5, 0.6) is 0 Å². The molecule has 2 amide bonds. The van der Waals surface area contributed by atoms with Crippen LogP contribution in [-0.2, 0) is 19.1 Å². The molecule has 30 heavy (non-hydrogen) atoms. The van der Waals surface area contributed by atoms with Crippen LogP contribution in [0, 0.1) is 5.92 Å². The summed E-state index contributed by atoms with van der Waals surface area (Å²) in [4.78, 5) is 40.8. The second kappa shape index (κ2) is 8.92. The zero-order valence-corrected chi connectivity index (χ0v) is 17.6. The zero-order chi connectivity index (χ0) is 21.1. The fourth-order valence-corrected chi connectivity index (χ4v) is 3.96. The maximum atomic E-state index is 12.9. The molecule has 1 aliphatic carbocycles. The van der Waals surface area contributed by atoms with E-state index in [4.69, 9.17) is 4.74 Å². The van der Waals surface area contributed by atoms with Crippen molar-refractivity contribution in [3.63, 3.8) is 0 Å². The molecule has 2 fully saturated rings. The van der Waals surface area contributed by atoms with Gasteiger partial charge in [-0.15, -0.1) is 11.8 Å². The smallest absolute Gasteiger partial charge is 0.312 e. The number of carbonyl (C=O) groups is 3. The lowest BCUT2D eigenvalue weighted by molar-refractivity contribution is -0.160. The highest BCUT2D eigenvalue weighted by Crippen LogP contribution is 2.30. The first-order valence-electron chi connectivity index (χ1n) is 10.1. The van der Waals surface area contributed by atoms with Crippen molar-refractivity contribution in [3.8, 4) is 0 Å². The number of thioether (sulfide) groups is 1. The maximum Gasteiger partial charge on any atom is 0.312 e. The van der Waals surface area contributed by atoms with Gasteiger partial charge in [0, 0.05) is 35.2 Å². The van der Waals surface area contributed by atoms with Crippen LogP contribution in [0.3, 0.4) is 0 Å². The van der Waals surface area contributed by atoms with Gasteiger partial charge in [-0.1, -0.05) is 36.4 Å². The van der Waals surface area contributed by atoms with Gasteiger partial charge in [-0.05, 0) is 37.3 Å². The van der Waals surface area contributed by atoms with Gasteiger partial charge in [0.15, 0.2) is 0 Å². The van der Waals surface area contributed by atoms with Crippen LogP contribution in [0.4, 0.5) is 5.69 Å². The van der Waals surface area contributed by atoms with Gasteiger partial charge < -0.3 is 15.0 Å². The molecule has 1 saturated carbocycles. The number of ether oxygens (including phenoxy) is 1. The lowest BCUT2D eigenvalue weighted by Gasteiger charge is -2.20. The van der Waals surface area contributed by atoms with Gasteiger partial charge in [0.2, 0.25) is 12.0 Å². The average Bonchev–Trinajstić information content (AvgIpc) is 3.50. The van der Waals surface area contributed by atoms with Crippen molar-refractivity contribution in [1.29, 1.82) is 0 Å². The lowest BCUT2D eigenvalue weighted by atomic mass is 10.1. The second-order valence-electron chi connectivity index (χ2n) is 7.62. The molecule has 1 N–H and O–H groups in total. The molecule has 2 atom stereocenters. The Hall–Kier alpha value is -2.80. The third kappa shape index (κ3) is 4.67. The van der Waals surface area contributed by atoms with Crippen LogP contribution in [-0.4, -0.2) is 36.6 Å². The number of amides is 2. The lowest BCUT2D eigenvalue weighted by Crippen LogP contribution is -2.35. The minimum atomic E-state index is -1.01. The number of carbonyl (C=O) groups excluding carboxylic acids is 3. The van der Waals surface area contributed by atoms with E-state index in [9.17, 15) is 14.4 Å². The van der Waals surface area contributed by atoms with Crippen LogP contribution >= 0.6 is 11.8 Å². The van der Waals surface area contributed by atoms with E-state index in [1.807, 2.05) is 36.6 Å². The highest BCUT2D eigenvalue weighted by Gasteiger charge is 2.39. The Bertz CT molecular complexity index is 945. The zero-order valence-electron chi connectivity index (χ0n) is 16.7.